The number of hydrogen-bond acceptors (Lipinski definition) is 3. The summed E-state index contributed by atoms with van der Waals surface area (Å²) in [5.41, 5.74) is 1.51. The molecule has 106 valence electrons. The third kappa shape index (κ3) is 3.92. The summed E-state index contributed by atoms with van der Waals surface area (Å²) in [6.45, 7) is 5.05. The van der Waals surface area contributed by atoms with Crippen LogP contribution in [-0.4, -0.2) is 30.2 Å². The quantitative estimate of drug-likeness (QED) is 0.680. The second-order valence-electron chi connectivity index (χ2n) is 4.92. The number of nitrogens with one attached hydrogen (secondary N) is 1. The molecule has 0 aliphatic rings. The summed E-state index contributed by atoms with van der Waals surface area (Å²) < 4.78 is 25.9. The molecule has 1 N–H and O–H groups in total. The molecular formula is C12H17ClN2O3S. The fourth-order valence-electron chi connectivity index (χ4n) is 1.43. The number of carbonyl (C=O) groups excluding carboxylic acids is 1. The largest absolute Gasteiger partial charge is 0.273 e. The van der Waals surface area contributed by atoms with Crippen molar-refractivity contribution in [1.82, 2.24) is 9.84 Å². The Bertz CT molecular complexity index is 538. The molecule has 0 bridgehead atoms. The van der Waals surface area contributed by atoms with Crippen LogP contribution in [0.4, 0.5) is 0 Å². The molecule has 0 spiro atoms. The Morgan fingerprint density at radius 2 is 1.79 bits per heavy atom. The Morgan fingerprint density at radius 3 is 2.21 bits per heavy atom. The lowest BCUT2D eigenvalue weighted by Gasteiger charge is -2.34. The number of carbonyl (C=O) groups is 1. The molecule has 0 aliphatic heterocycles. The van der Waals surface area contributed by atoms with Gasteiger partial charge in [0.1, 0.15) is 5.88 Å². The molecule has 19 heavy (non-hydrogen) atoms. The number of nitrogens with zero attached hydrogens (tertiary/aromatic N) is 1. The molecular weight excluding hydrogens is 288 g/mol. The number of rotatable bonds is 4. The number of benzene rings is 1. The summed E-state index contributed by atoms with van der Waals surface area (Å²) in [6, 6.07) is 7.91. The van der Waals surface area contributed by atoms with Gasteiger partial charge in [0.25, 0.3) is 10.0 Å². The van der Waals surface area contributed by atoms with Gasteiger partial charge in [-0.1, -0.05) is 18.2 Å². The van der Waals surface area contributed by atoms with E-state index in [0.29, 0.717) is 0 Å². The normalized spacial score (nSPS) is 12.5. The molecule has 0 fully saturated rings. The van der Waals surface area contributed by atoms with Crippen LogP contribution in [0, 0.1) is 0 Å². The third-order valence-electron chi connectivity index (χ3n) is 2.24. The molecule has 5 nitrogen and oxygen atoms in total. The number of alkyl halides is 1. The number of amides is 1. The minimum Gasteiger partial charge on any atom is -0.273 e. The van der Waals surface area contributed by atoms with E-state index in [1.54, 1.807) is 39.0 Å². The van der Waals surface area contributed by atoms with E-state index in [1.807, 2.05) is 0 Å². The highest BCUT2D eigenvalue weighted by molar-refractivity contribution is 7.89. The van der Waals surface area contributed by atoms with Gasteiger partial charge in [-0.25, -0.2) is 8.42 Å². The summed E-state index contributed by atoms with van der Waals surface area (Å²) >= 11 is 5.41. The molecule has 1 amide bonds. The Kier molecular flexibility index (Phi) is 4.95. The third-order valence-corrected chi connectivity index (χ3v) is 4.47. The van der Waals surface area contributed by atoms with Crippen molar-refractivity contribution >= 4 is 27.5 Å². The summed E-state index contributed by atoms with van der Waals surface area (Å²) in [6.07, 6.45) is 0. The lowest BCUT2D eigenvalue weighted by atomic mass is 10.1. The van der Waals surface area contributed by atoms with Gasteiger partial charge in [0.05, 0.1) is 4.90 Å². The van der Waals surface area contributed by atoms with Crippen LogP contribution in [0.25, 0.3) is 0 Å². The van der Waals surface area contributed by atoms with Crippen molar-refractivity contribution in [2.45, 2.75) is 31.2 Å². The highest BCUT2D eigenvalue weighted by Gasteiger charge is 2.35. The fraction of sp³-hybridized carbons (Fsp3) is 0.417. The first-order chi connectivity index (χ1) is 8.69. The highest BCUT2D eigenvalue weighted by atomic mass is 35.5. The van der Waals surface area contributed by atoms with Crippen molar-refractivity contribution in [3.63, 3.8) is 0 Å². The van der Waals surface area contributed by atoms with Gasteiger partial charge >= 0.3 is 0 Å². The molecule has 1 aromatic rings. The van der Waals surface area contributed by atoms with Gasteiger partial charge in [-0.3, -0.25) is 10.2 Å². The molecule has 0 atom stereocenters. The van der Waals surface area contributed by atoms with Gasteiger partial charge < -0.3 is 0 Å². The molecule has 1 aromatic carbocycles. The van der Waals surface area contributed by atoms with E-state index < -0.39 is 21.5 Å². The first-order valence-corrected chi connectivity index (χ1v) is 7.63. The van der Waals surface area contributed by atoms with Gasteiger partial charge in [0.2, 0.25) is 5.91 Å². The lowest BCUT2D eigenvalue weighted by molar-refractivity contribution is -0.122. The second-order valence-corrected chi connectivity index (χ2v) is 6.98. The van der Waals surface area contributed by atoms with Gasteiger partial charge in [-0.05, 0) is 32.9 Å². The average molecular weight is 305 g/mol. The maximum absolute atomic E-state index is 12.5. The molecule has 0 aliphatic carbocycles. The summed E-state index contributed by atoms with van der Waals surface area (Å²) in [5, 5.41) is 0. The SMILES string of the molecule is CC(C)(C)N(NC(=O)CCl)S(=O)(=O)c1ccccc1. The average Bonchev–Trinajstić information content (AvgIpc) is 2.35. The Labute approximate surface area is 118 Å². The summed E-state index contributed by atoms with van der Waals surface area (Å²) in [5.74, 6) is -0.882. The van der Waals surface area contributed by atoms with Crippen molar-refractivity contribution in [2.24, 2.45) is 0 Å². The van der Waals surface area contributed by atoms with E-state index in [-0.39, 0.29) is 10.8 Å². The maximum Gasteiger partial charge on any atom is 0.260 e. The van der Waals surface area contributed by atoms with E-state index in [1.165, 1.54) is 12.1 Å². The lowest BCUT2D eigenvalue weighted by Crippen LogP contribution is -2.55. The minimum atomic E-state index is -3.82. The van der Waals surface area contributed by atoms with E-state index in [4.69, 9.17) is 11.6 Å². The molecule has 0 radical (unpaired) electrons. The van der Waals surface area contributed by atoms with Gasteiger partial charge in [-0.15, -0.1) is 16.0 Å². The van der Waals surface area contributed by atoms with Crippen molar-refractivity contribution in [3.8, 4) is 0 Å². The smallest absolute Gasteiger partial charge is 0.260 e. The first-order valence-electron chi connectivity index (χ1n) is 5.65. The minimum absolute atomic E-state index is 0.111. The van der Waals surface area contributed by atoms with Gasteiger partial charge in [0, 0.05) is 5.54 Å². The molecule has 0 saturated heterocycles. The molecule has 1 rings (SSSR count). The van der Waals surface area contributed by atoms with Gasteiger partial charge in [-0.2, -0.15) is 0 Å². The molecule has 0 unspecified atom stereocenters. The molecule has 0 heterocycles. The zero-order chi connectivity index (χ0) is 14.7. The fourth-order valence-corrected chi connectivity index (χ4v) is 3.14. The predicted octanol–water partition coefficient (Wildman–Crippen LogP) is 1.75. The second kappa shape index (κ2) is 5.90. The van der Waals surface area contributed by atoms with Crippen LogP contribution in [0.3, 0.4) is 0 Å². The zero-order valence-electron chi connectivity index (χ0n) is 11.1. The van der Waals surface area contributed by atoms with Crippen molar-refractivity contribution < 1.29 is 13.2 Å². The Morgan fingerprint density at radius 1 is 1.26 bits per heavy atom. The molecule has 0 aromatic heterocycles. The van der Waals surface area contributed by atoms with Crippen LogP contribution in [0.15, 0.2) is 35.2 Å². The van der Waals surface area contributed by atoms with Crippen LogP contribution < -0.4 is 5.43 Å². The van der Waals surface area contributed by atoms with Crippen LogP contribution in [0.2, 0.25) is 0 Å². The summed E-state index contributed by atoms with van der Waals surface area (Å²) in [4.78, 5) is 11.5. The van der Waals surface area contributed by atoms with Crippen molar-refractivity contribution in [3.05, 3.63) is 30.3 Å². The highest BCUT2D eigenvalue weighted by Crippen LogP contribution is 2.21. The number of hydrogen-bond donors (Lipinski definition) is 1. The van der Waals surface area contributed by atoms with Gasteiger partial charge in [0.15, 0.2) is 0 Å². The maximum atomic E-state index is 12.5. The van der Waals surface area contributed by atoms with E-state index in [0.717, 1.165) is 4.41 Å². The topological polar surface area (TPSA) is 66.5 Å². The summed E-state index contributed by atoms with van der Waals surface area (Å²) in [7, 11) is -3.82. The first kappa shape index (κ1) is 15.9. The molecule has 7 heteroatoms. The standard InChI is InChI=1S/C12H17ClN2O3S/c1-12(2,3)15(14-11(16)9-13)19(17,18)10-7-5-4-6-8-10/h4-8H,9H2,1-3H3,(H,14,16). The number of halogens is 1. The van der Waals surface area contributed by atoms with Crippen molar-refractivity contribution in [2.75, 3.05) is 5.88 Å². The number of sulfonamides is 1. The number of hydrazine groups is 1. The molecule has 0 saturated carbocycles. The Balaban J connectivity index is 3.22. The van der Waals surface area contributed by atoms with Crippen LogP contribution in [-0.2, 0) is 14.8 Å². The predicted molar refractivity (Wildman–Crippen MR) is 74.1 cm³/mol. The van der Waals surface area contributed by atoms with Crippen LogP contribution >= 0.6 is 11.6 Å². The Hall–Kier alpha value is -1.11. The van der Waals surface area contributed by atoms with E-state index in [9.17, 15) is 13.2 Å². The zero-order valence-corrected chi connectivity index (χ0v) is 12.6. The van der Waals surface area contributed by atoms with Crippen LogP contribution in [0.5, 0.6) is 0 Å². The van der Waals surface area contributed by atoms with E-state index in [2.05, 4.69) is 5.43 Å². The van der Waals surface area contributed by atoms with E-state index >= 15 is 0 Å². The monoisotopic (exact) mass is 304 g/mol. The van der Waals surface area contributed by atoms with Crippen LogP contribution in [0.1, 0.15) is 20.8 Å². The van der Waals surface area contributed by atoms with Crippen molar-refractivity contribution in [1.29, 1.82) is 0 Å².